The zero-order chi connectivity index (χ0) is 10.6. The van der Waals surface area contributed by atoms with Crippen LogP contribution in [0.3, 0.4) is 0 Å². The monoisotopic (exact) mass is 194 g/mol. The minimum absolute atomic E-state index is 0.410. The molecule has 3 nitrogen and oxygen atoms in total. The van der Waals surface area contributed by atoms with E-state index in [1.807, 2.05) is 25.1 Å². The fourth-order valence-corrected chi connectivity index (χ4v) is 1.24. The molecular weight excluding hydrogens is 176 g/mol. The fraction of sp³-hybridized carbons (Fsp3) is 0.455. The Bertz CT molecular complexity index is 297. The molecule has 78 valence electrons. The van der Waals surface area contributed by atoms with E-state index in [2.05, 4.69) is 19.2 Å². The number of hydrogen-bond acceptors (Lipinski definition) is 3. The van der Waals surface area contributed by atoms with E-state index in [1.54, 1.807) is 0 Å². The predicted octanol–water partition coefficient (Wildman–Crippen LogP) is 2.49. The molecule has 3 heteroatoms. The first-order valence-electron chi connectivity index (χ1n) is 4.92. The normalized spacial score (nSPS) is 10.3. The van der Waals surface area contributed by atoms with Gasteiger partial charge in [-0.2, -0.15) is 0 Å². The van der Waals surface area contributed by atoms with Crippen molar-refractivity contribution >= 4 is 11.4 Å². The van der Waals surface area contributed by atoms with Crippen molar-refractivity contribution in [3.05, 3.63) is 18.2 Å². The first-order valence-corrected chi connectivity index (χ1v) is 4.92. The maximum atomic E-state index is 5.75. The van der Waals surface area contributed by atoms with Crippen LogP contribution >= 0.6 is 0 Å². The van der Waals surface area contributed by atoms with E-state index in [4.69, 9.17) is 10.5 Å². The topological polar surface area (TPSA) is 47.3 Å². The van der Waals surface area contributed by atoms with Gasteiger partial charge in [0.1, 0.15) is 5.75 Å². The van der Waals surface area contributed by atoms with Crippen molar-refractivity contribution in [1.82, 2.24) is 0 Å². The summed E-state index contributed by atoms with van der Waals surface area (Å²) >= 11 is 0. The summed E-state index contributed by atoms with van der Waals surface area (Å²) in [6, 6.07) is 6.15. The second kappa shape index (κ2) is 4.74. The summed E-state index contributed by atoms with van der Waals surface area (Å²) in [7, 11) is 0. The highest BCUT2D eigenvalue weighted by Crippen LogP contribution is 2.25. The lowest BCUT2D eigenvalue weighted by atomic mass is 10.2. The van der Waals surface area contributed by atoms with Gasteiger partial charge in [-0.3, -0.25) is 0 Å². The number of anilines is 2. The third-order valence-electron chi connectivity index (χ3n) is 1.77. The van der Waals surface area contributed by atoms with Crippen LogP contribution < -0.4 is 15.8 Å². The van der Waals surface area contributed by atoms with E-state index in [0.717, 1.165) is 11.4 Å². The number of nitrogen functional groups attached to an aromatic ring is 1. The summed E-state index contributed by atoms with van der Waals surface area (Å²) in [6.45, 7) is 6.77. The van der Waals surface area contributed by atoms with Crippen molar-refractivity contribution in [3.8, 4) is 5.75 Å². The lowest BCUT2D eigenvalue weighted by molar-refractivity contribution is 0.342. The van der Waals surface area contributed by atoms with Gasteiger partial charge >= 0.3 is 0 Å². The van der Waals surface area contributed by atoms with Crippen LogP contribution in [0.5, 0.6) is 5.75 Å². The number of hydrogen-bond donors (Lipinski definition) is 2. The van der Waals surface area contributed by atoms with Gasteiger partial charge in [-0.15, -0.1) is 0 Å². The minimum atomic E-state index is 0.410. The summed E-state index contributed by atoms with van der Waals surface area (Å²) in [4.78, 5) is 0. The lowest BCUT2D eigenvalue weighted by Crippen LogP contribution is -2.10. The molecule has 0 saturated heterocycles. The van der Waals surface area contributed by atoms with Crippen LogP contribution in [-0.4, -0.2) is 12.6 Å². The Morgan fingerprint density at radius 3 is 2.71 bits per heavy atom. The van der Waals surface area contributed by atoms with E-state index < -0.39 is 0 Å². The number of ether oxygens (including phenoxy) is 1. The van der Waals surface area contributed by atoms with E-state index in [9.17, 15) is 0 Å². The van der Waals surface area contributed by atoms with E-state index in [1.165, 1.54) is 0 Å². The minimum Gasteiger partial charge on any atom is -0.492 e. The van der Waals surface area contributed by atoms with E-state index in [0.29, 0.717) is 18.3 Å². The number of nitrogens with two attached hydrogens (primary N) is 1. The molecule has 1 aromatic carbocycles. The Labute approximate surface area is 85.3 Å². The van der Waals surface area contributed by atoms with Crippen molar-refractivity contribution < 1.29 is 4.74 Å². The highest BCUT2D eigenvalue weighted by Gasteiger charge is 2.02. The molecule has 0 aliphatic heterocycles. The van der Waals surface area contributed by atoms with Crippen LogP contribution in [0.2, 0.25) is 0 Å². The lowest BCUT2D eigenvalue weighted by Gasteiger charge is -2.13. The Kier molecular flexibility index (Phi) is 3.63. The average molecular weight is 194 g/mol. The molecule has 0 heterocycles. The highest BCUT2D eigenvalue weighted by atomic mass is 16.5. The van der Waals surface area contributed by atoms with Gasteiger partial charge in [-0.25, -0.2) is 0 Å². The summed E-state index contributed by atoms with van der Waals surface area (Å²) in [5.74, 6) is 0.748. The molecule has 0 aliphatic rings. The quantitative estimate of drug-likeness (QED) is 0.724. The summed E-state index contributed by atoms with van der Waals surface area (Å²) in [6.07, 6.45) is 0. The third kappa shape index (κ3) is 2.83. The molecule has 0 bridgehead atoms. The summed E-state index contributed by atoms with van der Waals surface area (Å²) < 4.78 is 5.39. The van der Waals surface area contributed by atoms with Gasteiger partial charge in [0, 0.05) is 17.8 Å². The maximum absolute atomic E-state index is 5.75. The van der Waals surface area contributed by atoms with Gasteiger partial charge in [0.05, 0.1) is 12.3 Å². The van der Waals surface area contributed by atoms with Gasteiger partial charge in [0.15, 0.2) is 0 Å². The maximum Gasteiger partial charge on any atom is 0.144 e. The summed E-state index contributed by atoms with van der Waals surface area (Å²) in [5, 5.41) is 3.30. The molecule has 0 spiro atoms. The largest absolute Gasteiger partial charge is 0.492 e. The zero-order valence-corrected chi connectivity index (χ0v) is 9.00. The number of nitrogens with one attached hydrogen (secondary N) is 1. The van der Waals surface area contributed by atoms with Crippen LogP contribution in [0, 0.1) is 0 Å². The molecular formula is C11H18N2O. The second-order valence-electron chi connectivity index (χ2n) is 3.48. The van der Waals surface area contributed by atoms with Gasteiger partial charge in [0.2, 0.25) is 0 Å². The van der Waals surface area contributed by atoms with Crippen LogP contribution in [0.15, 0.2) is 18.2 Å². The van der Waals surface area contributed by atoms with Crippen molar-refractivity contribution in [2.24, 2.45) is 0 Å². The van der Waals surface area contributed by atoms with Crippen molar-refractivity contribution in [2.75, 3.05) is 17.7 Å². The van der Waals surface area contributed by atoms with Crippen LogP contribution in [0.25, 0.3) is 0 Å². The Hall–Kier alpha value is -1.38. The number of rotatable bonds is 4. The first-order chi connectivity index (χ1) is 6.63. The van der Waals surface area contributed by atoms with Crippen LogP contribution in [-0.2, 0) is 0 Å². The Morgan fingerprint density at radius 1 is 1.43 bits per heavy atom. The SMILES string of the molecule is CCOc1cc(NC(C)C)ccc1N. The molecule has 0 saturated carbocycles. The molecule has 0 fully saturated rings. The predicted molar refractivity (Wildman–Crippen MR) is 60.8 cm³/mol. The Morgan fingerprint density at radius 2 is 2.14 bits per heavy atom. The zero-order valence-electron chi connectivity index (χ0n) is 9.00. The van der Waals surface area contributed by atoms with E-state index in [-0.39, 0.29) is 0 Å². The standard InChI is InChI=1S/C11H18N2O/c1-4-14-11-7-9(13-8(2)3)5-6-10(11)12/h5-8,13H,4,12H2,1-3H3. The highest BCUT2D eigenvalue weighted by molar-refractivity contribution is 5.61. The van der Waals surface area contributed by atoms with E-state index >= 15 is 0 Å². The fourth-order valence-electron chi connectivity index (χ4n) is 1.24. The average Bonchev–Trinajstić information content (AvgIpc) is 2.10. The van der Waals surface area contributed by atoms with Gasteiger partial charge in [-0.1, -0.05) is 0 Å². The molecule has 14 heavy (non-hydrogen) atoms. The van der Waals surface area contributed by atoms with Gasteiger partial charge in [-0.05, 0) is 32.9 Å². The summed E-state index contributed by atoms with van der Waals surface area (Å²) in [5.41, 5.74) is 7.47. The van der Waals surface area contributed by atoms with Crippen LogP contribution in [0.4, 0.5) is 11.4 Å². The third-order valence-corrected chi connectivity index (χ3v) is 1.77. The molecule has 0 amide bonds. The molecule has 1 rings (SSSR count). The molecule has 0 aliphatic carbocycles. The molecule has 0 aromatic heterocycles. The first kappa shape index (κ1) is 10.7. The smallest absolute Gasteiger partial charge is 0.144 e. The Balaban J connectivity index is 2.83. The van der Waals surface area contributed by atoms with Gasteiger partial charge in [0.25, 0.3) is 0 Å². The van der Waals surface area contributed by atoms with Crippen LogP contribution in [0.1, 0.15) is 20.8 Å². The van der Waals surface area contributed by atoms with Crippen molar-refractivity contribution in [1.29, 1.82) is 0 Å². The van der Waals surface area contributed by atoms with Crippen molar-refractivity contribution in [2.45, 2.75) is 26.8 Å². The molecule has 0 atom stereocenters. The van der Waals surface area contributed by atoms with Gasteiger partial charge < -0.3 is 15.8 Å². The molecule has 0 unspecified atom stereocenters. The molecule has 1 aromatic rings. The number of benzene rings is 1. The molecule has 0 radical (unpaired) electrons. The molecule has 3 N–H and O–H groups in total. The van der Waals surface area contributed by atoms with Crippen molar-refractivity contribution in [3.63, 3.8) is 0 Å². The second-order valence-corrected chi connectivity index (χ2v) is 3.48.